The fourth-order valence-corrected chi connectivity index (χ4v) is 1.16. The van der Waals surface area contributed by atoms with E-state index in [1.165, 1.54) is 0 Å². The Labute approximate surface area is 85.6 Å². The van der Waals surface area contributed by atoms with Crippen molar-refractivity contribution in [1.82, 2.24) is 10.2 Å². The molecular weight excluding hydrogens is 182 g/mol. The van der Waals surface area contributed by atoms with Gasteiger partial charge in [0.05, 0.1) is 6.61 Å². The van der Waals surface area contributed by atoms with Crippen molar-refractivity contribution in [3.63, 3.8) is 0 Å². The van der Waals surface area contributed by atoms with Crippen molar-refractivity contribution < 1.29 is 9.53 Å². The van der Waals surface area contributed by atoms with Gasteiger partial charge in [0.25, 0.3) is 0 Å². The van der Waals surface area contributed by atoms with Gasteiger partial charge < -0.3 is 20.7 Å². The van der Waals surface area contributed by atoms with Crippen LogP contribution in [0.25, 0.3) is 0 Å². The number of ether oxygens (including phenoxy) is 1. The second-order valence-electron chi connectivity index (χ2n) is 3.07. The first-order valence-corrected chi connectivity index (χ1v) is 4.95. The molecule has 0 unspecified atom stereocenters. The van der Waals surface area contributed by atoms with Gasteiger partial charge in [-0.3, -0.25) is 0 Å². The molecule has 0 spiro atoms. The molecule has 2 amide bonds. The molecule has 0 saturated carbocycles. The Bertz CT molecular complexity index is 153. The Morgan fingerprint density at radius 1 is 1.50 bits per heavy atom. The molecule has 0 aliphatic rings. The summed E-state index contributed by atoms with van der Waals surface area (Å²) >= 11 is 0. The average Bonchev–Trinajstić information content (AvgIpc) is 2.16. The fraction of sp³-hybridized carbons (Fsp3) is 0.889. The zero-order chi connectivity index (χ0) is 10.8. The lowest BCUT2D eigenvalue weighted by Gasteiger charge is -2.19. The summed E-state index contributed by atoms with van der Waals surface area (Å²) in [6.45, 7) is 6.39. The third-order valence-electron chi connectivity index (χ3n) is 2.01. The van der Waals surface area contributed by atoms with Gasteiger partial charge in [0.2, 0.25) is 0 Å². The van der Waals surface area contributed by atoms with Crippen LogP contribution in [-0.2, 0) is 4.74 Å². The highest BCUT2D eigenvalue weighted by atomic mass is 16.5. The number of hydrogen-bond donors (Lipinski definition) is 2. The third kappa shape index (κ3) is 7.82. The van der Waals surface area contributed by atoms with E-state index < -0.39 is 6.03 Å². The summed E-state index contributed by atoms with van der Waals surface area (Å²) < 4.78 is 4.99. The van der Waals surface area contributed by atoms with Gasteiger partial charge >= 0.3 is 6.03 Å². The van der Waals surface area contributed by atoms with E-state index in [-0.39, 0.29) is 0 Å². The Morgan fingerprint density at radius 3 is 2.71 bits per heavy atom. The van der Waals surface area contributed by atoms with Crippen LogP contribution in [0.15, 0.2) is 0 Å². The SMILES string of the molecule is CCN(CCCNC(N)=O)CCOC. The molecule has 5 nitrogen and oxygen atoms in total. The smallest absolute Gasteiger partial charge is 0.312 e. The van der Waals surface area contributed by atoms with Crippen LogP contribution in [0, 0.1) is 0 Å². The van der Waals surface area contributed by atoms with E-state index in [2.05, 4.69) is 17.1 Å². The van der Waals surface area contributed by atoms with Gasteiger partial charge in [-0.05, 0) is 19.5 Å². The summed E-state index contributed by atoms with van der Waals surface area (Å²) in [5, 5.41) is 2.56. The maximum atomic E-state index is 10.4. The van der Waals surface area contributed by atoms with Crippen molar-refractivity contribution in [1.29, 1.82) is 0 Å². The second kappa shape index (κ2) is 8.77. The molecule has 0 heterocycles. The number of hydrogen-bond acceptors (Lipinski definition) is 3. The predicted molar refractivity (Wildman–Crippen MR) is 56.2 cm³/mol. The molecule has 0 fully saturated rings. The van der Waals surface area contributed by atoms with Crippen LogP contribution >= 0.6 is 0 Å². The van der Waals surface area contributed by atoms with Gasteiger partial charge in [-0.1, -0.05) is 6.92 Å². The number of primary amides is 1. The standard InChI is InChI=1S/C9H21N3O2/c1-3-12(7-8-14-2)6-4-5-11-9(10)13/h3-8H2,1-2H3,(H3,10,11,13). The molecule has 0 radical (unpaired) electrons. The Balaban J connectivity index is 3.37. The van der Waals surface area contributed by atoms with Crippen molar-refractivity contribution in [2.75, 3.05) is 39.9 Å². The maximum absolute atomic E-state index is 10.4. The molecule has 3 N–H and O–H groups in total. The van der Waals surface area contributed by atoms with E-state index >= 15 is 0 Å². The number of nitrogens with zero attached hydrogens (tertiary/aromatic N) is 1. The second-order valence-corrected chi connectivity index (χ2v) is 3.07. The van der Waals surface area contributed by atoms with Gasteiger partial charge in [-0.25, -0.2) is 4.79 Å². The number of carbonyl (C=O) groups excluding carboxylic acids is 1. The molecule has 5 heteroatoms. The largest absolute Gasteiger partial charge is 0.383 e. The molecular formula is C9H21N3O2. The molecule has 0 aromatic carbocycles. The van der Waals surface area contributed by atoms with Crippen LogP contribution in [0.4, 0.5) is 4.79 Å². The molecule has 84 valence electrons. The van der Waals surface area contributed by atoms with E-state index in [9.17, 15) is 4.79 Å². The first-order valence-electron chi connectivity index (χ1n) is 4.95. The van der Waals surface area contributed by atoms with E-state index in [4.69, 9.17) is 10.5 Å². The number of nitrogens with two attached hydrogens (primary N) is 1. The highest BCUT2D eigenvalue weighted by molar-refractivity contribution is 5.71. The highest BCUT2D eigenvalue weighted by Gasteiger charge is 2.01. The van der Waals surface area contributed by atoms with Crippen molar-refractivity contribution in [2.24, 2.45) is 5.73 Å². The summed E-state index contributed by atoms with van der Waals surface area (Å²) in [5.41, 5.74) is 4.94. The first kappa shape index (κ1) is 13.2. The molecule has 0 rings (SSSR count). The van der Waals surface area contributed by atoms with Crippen LogP contribution in [0.1, 0.15) is 13.3 Å². The minimum atomic E-state index is -0.454. The zero-order valence-electron chi connectivity index (χ0n) is 9.08. The van der Waals surface area contributed by atoms with E-state index in [1.54, 1.807) is 7.11 Å². The average molecular weight is 203 g/mol. The lowest BCUT2D eigenvalue weighted by Crippen LogP contribution is -2.34. The summed E-state index contributed by atoms with van der Waals surface area (Å²) in [6, 6.07) is -0.454. The molecule has 0 atom stereocenters. The van der Waals surface area contributed by atoms with Crippen LogP contribution in [-0.4, -0.2) is 50.8 Å². The van der Waals surface area contributed by atoms with E-state index in [0.29, 0.717) is 6.54 Å². The van der Waals surface area contributed by atoms with Crippen molar-refractivity contribution >= 4 is 6.03 Å². The normalized spacial score (nSPS) is 10.5. The van der Waals surface area contributed by atoms with Crippen molar-refractivity contribution in [2.45, 2.75) is 13.3 Å². The molecule has 0 aromatic rings. The Kier molecular flexibility index (Phi) is 8.27. The number of urea groups is 1. The topological polar surface area (TPSA) is 67.6 Å². The quantitative estimate of drug-likeness (QED) is 0.546. The predicted octanol–water partition coefficient (Wildman–Crippen LogP) is 0.0131. The summed E-state index contributed by atoms with van der Waals surface area (Å²) in [6.07, 6.45) is 0.917. The van der Waals surface area contributed by atoms with Crippen LogP contribution in [0.5, 0.6) is 0 Å². The van der Waals surface area contributed by atoms with Gasteiger partial charge in [-0.15, -0.1) is 0 Å². The molecule has 14 heavy (non-hydrogen) atoms. The number of nitrogens with one attached hydrogen (secondary N) is 1. The molecule has 0 aliphatic carbocycles. The zero-order valence-corrected chi connectivity index (χ0v) is 9.08. The summed E-state index contributed by atoms with van der Waals surface area (Å²) in [4.78, 5) is 12.6. The number of rotatable bonds is 8. The number of carbonyl (C=O) groups is 1. The van der Waals surface area contributed by atoms with Crippen molar-refractivity contribution in [3.05, 3.63) is 0 Å². The first-order chi connectivity index (χ1) is 6.70. The molecule has 0 bridgehead atoms. The fourth-order valence-electron chi connectivity index (χ4n) is 1.16. The third-order valence-corrected chi connectivity index (χ3v) is 2.01. The van der Waals surface area contributed by atoms with Gasteiger partial charge in [0.1, 0.15) is 0 Å². The van der Waals surface area contributed by atoms with Crippen molar-refractivity contribution in [3.8, 4) is 0 Å². The summed E-state index contributed by atoms with van der Waals surface area (Å²) in [5.74, 6) is 0. The van der Waals surface area contributed by atoms with Crippen LogP contribution in [0.2, 0.25) is 0 Å². The lowest BCUT2D eigenvalue weighted by molar-refractivity contribution is 0.150. The van der Waals surface area contributed by atoms with Crippen LogP contribution < -0.4 is 11.1 Å². The van der Waals surface area contributed by atoms with E-state index in [0.717, 1.165) is 32.7 Å². The van der Waals surface area contributed by atoms with Crippen LogP contribution in [0.3, 0.4) is 0 Å². The van der Waals surface area contributed by atoms with Gasteiger partial charge in [-0.2, -0.15) is 0 Å². The minimum absolute atomic E-state index is 0.454. The lowest BCUT2D eigenvalue weighted by atomic mass is 10.3. The molecule has 0 saturated heterocycles. The molecule has 0 aliphatic heterocycles. The summed E-state index contributed by atoms with van der Waals surface area (Å²) in [7, 11) is 1.70. The molecule has 0 aromatic heterocycles. The van der Waals surface area contributed by atoms with Gasteiger partial charge in [0.15, 0.2) is 0 Å². The number of amides is 2. The number of methoxy groups -OCH3 is 1. The van der Waals surface area contributed by atoms with E-state index in [1.807, 2.05) is 0 Å². The monoisotopic (exact) mass is 203 g/mol. The minimum Gasteiger partial charge on any atom is -0.383 e. The van der Waals surface area contributed by atoms with Gasteiger partial charge in [0, 0.05) is 20.2 Å². The Hall–Kier alpha value is -0.810. The Morgan fingerprint density at radius 2 is 2.21 bits per heavy atom. The highest BCUT2D eigenvalue weighted by Crippen LogP contribution is 1.90. The maximum Gasteiger partial charge on any atom is 0.312 e. The number of likely N-dealkylation sites (N-methyl/N-ethyl adjacent to an activating group) is 1.